The summed E-state index contributed by atoms with van der Waals surface area (Å²) >= 11 is 0. The average molecular weight is 289 g/mol. The molecule has 0 spiro atoms. The van der Waals surface area contributed by atoms with Crippen molar-refractivity contribution in [3.63, 3.8) is 0 Å². The molecule has 2 heteroatoms. The Kier molecular flexibility index (Phi) is 6.10. The van der Waals surface area contributed by atoms with Crippen LogP contribution in [0.1, 0.15) is 58.4 Å². The van der Waals surface area contributed by atoms with Gasteiger partial charge in [-0.1, -0.05) is 39.3 Å². The molecule has 0 aromatic heterocycles. The summed E-state index contributed by atoms with van der Waals surface area (Å²) in [5.74, 6) is 1.01. The molecule has 0 amide bonds. The van der Waals surface area contributed by atoms with Crippen LogP contribution in [0.15, 0.2) is 24.3 Å². The van der Waals surface area contributed by atoms with E-state index in [1.807, 2.05) is 0 Å². The molecule has 0 unspecified atom stereocenters. The fourth-order valence-electron chi connectivity index (χ4n) is 2.86. The third kappa shape index (κ3) is 5.70. The first-order valence-electron chi connectivity index (χ1n) is 8.51. The highest BCUT2D eigenvalue weighted by Gasteiger charge is 2.14. The predicted octanol–water partition coefficient (Wildman–Crippen LogP) is 4.63. The van der Waals surface area contributed by atoms with Crippen LogP contribution in [-0.4, -0.2) is 31.1 Å². The van der Waals surface area contributed by atoms with Gasteiger partial charge in [-0.25, -0.2) is 0 Å². The van der Waals surface area contributed by atoms with Gasteiger partial charge >= 0.3 is 0 Å². The maximum atomic E-state index is 5.91. The molecular weight excluding hydrogens is 258 g/mol. The molecular formula is C19H31NO. The normalized spacial score (nSPS) is 16.9. The Hall–Kier alpha value is -1.02. The van der Waals surface area contributed by atoms with Crippen molar-refractivity contribution in [3.05, 3.63) is 29.8 Å². The van der Waals surface area contributed by atoms with Gasteiger partial charge in [0.2, 0.25) is 0 Å². The van der Waals surface area contributed by atoms with Gasteiger partial charge in [-0.3, -0.25) is 0 Å². The van der Waals surface area contributed by atoms with Crippen LogP contribution in [0.4, 0.5) is 0 Å². The molecule has 0 saturated carbocycles. The van der Waals surface area contributed by atoms with Gasteiger partial charge in [0.05, 0.1) is 6.61 Å². The van der Waals surface area contributed by atoms with E-state index < -0.39 is 0 Å². The number of rotatable bonds is 6. The van der Waals surface area contributed by atoms with E-state index >= 15 is 0 Å². The number of ether oxygens (including phenoxy) is 1. The molecule has 2 rings (SSSR count). The molecule has 0 radical (unpaired) electrons. The number of hydrogen-bond donors (Lipinski definition) is 0. The Bertz CT molecular complexity index is 416. The van der Waals surface area contributed by atoms with Crippen LogP contribution in [0, 0.1) is 0 Å². The molecule has 2 nitrogen and oxygen atoms in total. The summed E-state index contributed by atoms with van der Waals surface area (Å²) in [7, 11) is 0. The van der Waals surface area contributed by atoms with E-state index in [9.17, 15) is 0 Å². The van der Waals surface area contributed by atoms with Crippen LogP contribution in [0.25, 0.3) is 0 Å². The number of piperidine rings is 1. The summed E-state index contributed by atoms with van der Waals surface area (Å²) in [6, 6.07) is 8.54. The molecule has 1 saturated heterocycles. The Morgan fingerprint density at radius 3 is 2.52 bits per heavy atom. The van der Waals surface area contributed by atoms with Crippen molar-refractivity contribution in [2.75, 3.05) is 26.2 Å². The number of hydrogen-bond acceptors (Lipinski definition) is 2. The molecule has 1 aromatic carbocycles. The molecule has 1 aromatic rings. The molecule has 118 valence electrons. The largest absolute Gasteiger partial charge is 0.494 e. The summed E-state index contributed by atoms with van der Waals surface area (Å²) < 4.78 is 5.91. The van der Waals surface area contributed by atoms with Crippen molar-refractivity contribution in [1.29, 1.82) is 0 Å². The Morgan fingerprint density at radius 2 is 1.81 bits per heavy atom. The van der Waals surface area contributed by atoms with Crippen molar-refractivity contribution in [2.45, 2.75) is 58.3 Å². The lowest BCUT2D eigenvalue weighted by Gasteiger charge is -2.26. The third-order valence-electron chi connectivity index (χ3n) is 4.29. The van der Waals surface area contributed by atoms with Gasteiger partial charge in [0.1, 0.15) is 5.75 Å². The van der Waals surface area contributed by atoms with Crippen molar-refractivity contribution >= 4 is 0 Å². The number of likely N-dealkylation sites (tertiary alicyclic amines) is 1. The fourth-order valence-corrected chi connectivity index (χ4v) is 2.86. The maximum Gasteiger partial charge on any atom is 0.119 e. The molecule has 1 aliphatic heterocycles. The number of benzene rings is 1. The van der Waals surface area contributed by atoms with Crippen molar-refractivity contribution < 1.29 is 4.74 Å². The van der Waals surface area contributed by atoms with E-state index in [1.165, 1.54) is 50.9 Å². The summed E-state index contributed by atoms with van der Waals surface area (Å²) in [6.07, 6.45) is 6.59. The van der Waals surface area contributed by atoms with Crippen LogP contribution in [0.3, 0.4) is 0 Å². The van der Waals surface area contributed by atoms with E-state index in [2.05, 4.69) is 49.9 Å². The highest BCUT2D eigenvalue weighted by Crippen LogP contribution is 2.25. The summed E-state index contributed by atoms with van der Waals surface area (Å²) in [6.45, 7) is 11.4. The smallest absolute Gasteiger partial charge is 0.119 e. The van der Waals surface area contributed by atoms with E-state index in [-0.39, 0.29) is 5.41 Å². The molecule has 0 N–H and O–H groups in total. The first-order valence-corrected chi connectivity index (χ1v) is 8.51. The van der Waals surface area contributed by atoms with Crippen LogP contribution in [0.5, 0.6) is 5.75 Å². The Morgan fingerprint density at radius 1 is 1.05 bits per heavy atom. The quantitative estimate of drug-likeness (QED) is 0.708. The molecule has 21 heavy (non-hydrogen) atoms. The van der Waals surface area contributed by atoms with Crippen molar-refractivity contribution in [3.8, 4) is 5.75 Å². The highest BCUT2D eigenvalue weighted by molar-refractivity contribution is 5.32. The van der Waals surface area contributed by atoms with Gasteiger partial charge in [-0.2, -0.15) is 0 Å². The standard InChI is InChI=1S/C19H31NO/c1-19(2,3)17-10-9-11-18(16-17)21-15-8-7-14-20-12-5-4-6-13-20/h9-11,16H,4-8,12-15H2,1-3H3. The van der Waals surface area contributed by atoms with E-state index in [4.69, 9.17) is 4.74 Å². The van der Waals surface area contributed by atoms with Gasteiger partial charge in [-0.05, 0) is 68.4 Å². The summed E-state index contributed by atoms with van der Waals surface area (Å²) in [4.78, 5) is 2.60. The molecule has 0 atom stereocenters. The van der Waals surface area contributed by atoms with Crippen LogP contribution in [-0.2, 0) is 5.41 Å². The second-order valence-corrected chi connectivity index (χ2v) is 7.24. The monoisotopic (exact) mass is 289 g/mol. The maximum absolute atomic E-state index is 5.91. The average Bonchev–Trinajstić information content (AvgIpc) is 2.47. The van der Waals surface area contributed by atoms with Crippen LogP contribution < -0.4 is 4.74 Å². The second kappa shape index (κ2) is 7.84. The van der Waals surface area contributed by atoms with E-state index in [0.29, 0.717) is 0 Å². The van der Waals surface area contributed by atoms with E-state index in [1.54, 1.807) is 0 Å². The Balaban J connectivity index is 1.66. The third-order valence-corrected chi connectivity index (χ3v) is 4.29. The van der Waals surface area contributed by atoms with Crippen molar-refractivity contribution in [1.82, 2.24) is 4.90 Å². The second-order valence-electron chi connectivity index (χ2n) is 7.24. The van der Waals surface area contributed by atoms with Gasteiger partial charge in [0.15, 0.2) is 0 Å². The zero-order valence-electron chi connectivity index (χ0n) is 14.0. The lowest BCUT2D eigenvalue weighted by atomic mass is 9.87. The SMILES string of the molecule is CC(C)(C)c1cccc(OCCCCN2CCCCC2)c1. The van der Waals surface area contributed by atoms with Gasteiger partial charge in [0.25, 0.3) is 0 Å². The minimum Gasteiger partial charge on any atom is -0.494 e. The minimum absolute atomic E-state index is 0.188. The number of nitrogens with zero attached hydrogens (tertiary/aromatic N) is 1. The number of unbranched alkanes of at least 4 members (excludes halogenated alkanes) is 1. The molecule has 0 bridgehead atoms. The molecule has 1 fully saturated rings. The zero-order valence-corrected chi connectivity index (χ0v) is 14.0. The molecule has 0 aliphatic carbocycles. The minimum atomic E-state index is 0.188. The first kappa shape index (κ1) is 16.4. The summed E-state index contributed by atoms with van der Waals surface area (Å²) in [5, 5.41) is 0. The molecule has 1 heterocycles. The van der Waals surface area contributed by atoms with Gasteiger partial charge in [0, 0.05) is 0 Å². The van der Waals surface area contributed by atoms with E-state index in [0.717, 1.165) is 18.8 Å². The Labute approximate surface area is 130 Å². The van der Waals surface area contributed by atoms with Gasteiger partial charge < -0.3 is 9.64 Å². The van der Waals surface area contributed by atoms with Crippen molar-refractivity contribution in [2.24, 2.45) is 0 Å². The summed E-state index contributed by atoms with van der Waals surface area (Å²) in [5.41, 5.74) is 1.53. The zero-order chi connectivity index (χ0) is 15.1. The fraction of sp³-hybridized carbons (Fsp3) is 0.684. The van der Waals surface area contributed by atoms with Crippen LogP contribution >= 0.6 is 0 Å². The van der Waals surface area contributed by atoms with Gasteiger partial charge in [-0.15, -0.1) is 0 Å². The highest BCUT2D eigenvalue weighted by atomic mass is 16.5. The van der Waals surface area contributed by atoms with Crippen LogP contribution in [0.2, 0.25) is 0 Å². The molecule has 1 aliphatic rings. The first-order chi connectivity index (χ1) is 10.1. The topological polar surface area (TPSA) is 12.5 Å². The lowest BCUT2D eigenvalue weighted by Crippen LogP contribution is -2.30. The lowest BCUT2D eigenvalue weighted by molar-refractivity contribution is 0.216. The predicted molar refractivity (Wildman–Crippen MR) is 90.2 cm³/mol.